The molecule has 3 nitrogen and oxygen atoms in total. The van der Waals surface area contributed by atoms with E-state index in [1.54, 1.807) is 6.07 Å². The summed E-state index contributed by atoms with van der Waals surface area (Å²) in [6, 6.07) is 5.40. The fourth-order valence-corrected chi connectivity index (χ4v) is 3.84. The minimum absolute atomic E-state index is 0.0223. The van der Waals surface area contributed by atoms with Crippen LogP contribution in [0.5, 0.6) is 0 Å². The summed E-state index contributed by atoms with van der Waals surface area (Å²) in [6.45, 7) is 6.24. The molecule has 0 heterocycles. The van der Waals surface area contributed by atoms with E-state index in [-0.39, 0.29) is 11.3 Å². The second-order valence-electron chi connectivity index (χ2n) is 6.48. The first-order chi connectivity index (χ1) is 9.16. The molecule has 1 aromatic carbocycles. The second kappa shape index (κ2) is 5.23. The first kappa shape index (κ1) is 15.6. The van der Waals surface area contributed by atoms with Crippen LogP contribution >= 0.6 is 27.5 Å². The van der Waals surface area contributed by atoms with E-state index in [4.69, 9.17) is 11.6 Å². The number of nitrogens with one attached hydrogen (secondary N) is 1. The van der Waals surface area contributed by atoms with Gasteiger partial charge < -0.3 is 10.4 Å². The number of anilines is 1. The minimum atomic E-state index is -0.920. The van der Waals surface area contributed by atoms with Gasteiger partial charge in [0, 0.05) is 10.2 Å². The summed E-state index contributed by atoms with van der Waals surface area (Å²) in [5, 5.41) is 13.6. The van der Waals surface area contributed by atoms with Crippen LogP contribution in [-0.4, -0.2) is 16.6 Å². The number of hydrogen-bond donors (Lipinski definition) is 2. The predicted octanol–water partition coefficient (Wildman–Crippen LogP) is 4.79. The standard InChI is InChI=1S/C15H19BrClNO2/c1-9-7-14(2,3)8-15(9,13(19)20)18-10-4-5-12(17)11(16)6-10/h4-6,9,18H,7-8H2,1-3H3,(H,19,20). The van der Waals surface area contributed by atoms with Gasteiger partial charge in [-0.2, -0.15) is 0 Å². The molecule has 1 aliphatic carbocycles. The lowest BCUT2D eigenvalue weighted by Gasteiger charge is -2.32. The van der Waals surface area contributed by atoms with Crippen molar-refractivity contribution in [1.82, 2.24) is 0 Å². The lowest BCUT2D eigenvalue weighted by atomic mass is 9.86. The normalized spacial score (nSPS) is 28.4. The molecule has 20 heavy (non-hydrogen) atoms. The van der Waals surface area contributed by atoms with Gasteiger partial charge >= 0.3 is 5.97 Å². The number of carbonyl (C=O) groups is 1. The Morgan fingerprint density at radius 3 is 2.60 bits per heavy atom. The van der Waals surface area contributed by atoms with Crippen LogP contribution in [0.4, 0.5) is 5.69 Å². The van der Waals surface area contributed by atoms with E-state index >= 15 is 0 Å². The van der Waals surface area contributed by atoms with Crippen molar-refractivity contribution in [2.24, 2.45) is 11.3 Å². The van der Waals surface area contributed by atoms with Crippen molar-refractivity contribution in [2.75, 3.05) is 5.32 Å². The molecule has 0 aromatic heterocycles. The molecule has 5 heteroatoms. The zero-order chi connectivity index (χ0) is 15.1. The largest absolute Gasteiger partial charge is 0.479 e. The summed E-state index contributed by atoms with van der Waals surface area (Å²) in [4.78, 5) is 11.9. The lowest BCUT2D eigenvalue weighted by Crippen LogP contribution is -2.49. The number of carboxylic acid groups (broad SMARTS) is 1. The van der Waals surface area contributed by atoms with Gasteiger partial charge in [-0.3, -0.25) is 0 Å². The number of hydrogen-bond acceptors (Lipinski definition) is 2. The summed E-state index contributed by atoms with van der Waals surface area (Å²) >= 11 is 9.35. The Morgan fingerprint density at radius 1 is 1.50 bits per heavy atom. The molecule has 1 saturated carbocycles. The highest BCUT2D eigenvalue weighted by Crippen LogP contribution is 2.49. The Labute approximate surface area is 132 Å². The van der Waals surface area contributed by atoms with Crippen LogP contribution in [0.3, 0.4) is 0 Å². The summed E-state index contributed by atoms with van der Waals surface area (Å²) in [7, 11) is 0. The topological polar surface area (TPSA) is 49.3 Å². The van der Waals surface area contributed by atoms with Gasteiger partial charge in [0.05, 0.1) is 5.02 Å². The molecule has 0 saturated heterocycles. The predicted molar refractivity (Wildman–Crippen MR) is 85.3 cm³/mol. The molecular weight excluding hydrogens is 342 g/mol. The van der Waals surface area contributed by atoms with Gasteiger partial charge in [-0.15, -0.1) is 0 Å². The Morgan fingerprint density at radius 2 is 2.15 bits per heavy atom. The molecule has 2 rings (SSSR count). The first-order valence-corrected chi connectivity index (χ1v) is 7.80. The molecule has 0 radical (unpaired) electrons. The quantitative estimate of drug-likeness (QED) is 0.814. The molecule has 2 atom stereocenters. The molecule has 2 N–H and O–H groups in total. The Kier molecular flexibility index (Phi) is 4.09. The zero-order valence-electron chi connectivity index (χ0n) is 11.8. The van der Waals surface area contributed by atoms with Crippen LogP contribution in [-0.2, 0) is 4.79 Å². The summed E-state index contributed by atoms with van der Waals surface area (Å²) < 4.78 is 0.759. The second-order valence-corrected chi connectivity index (χ2v) is 7.74. The number of halogens is 2. The van der Waals surface area contributed by atoms with E-state index in [2.05, 4.69) is 35.1 Å². The van der Waals surface area contributed by atoms with Gasteiger partial charge in [0.2, 0.25) is 0 Å². The molecule has 2 unspecified atom stereocenters. The van der Waals surface area contributed by atoms with Crippen molar-refractivity contribution in [3.63, 3.8) is 0 Å². The third-order valence-corrected chi connectivity index (χ3v) is 5.34. The average molecular weight is 361 g/mol. The Balaban J connectivity index is 2.35. The summed E-state index contributed by atoms with van der Waals surface area (Å²) in [6.07, 6.45) is 1.50. The van der Waals surface area contributed by atoms with E-state index in [9.17, 15) is 9.90 Å². The lowest BCUT2D eigenvalue weighted by molar-refractivity contribution is -0.143. The van der Waals surface area contributed by atoms with Crippen LogP contribution in [0, 0.1) is 11.3 Å². The maximum absolute atomic E-state index is 11.9. The maximum Gasteiger partial charge on any atom is 0.329 e. The van der Waals surface area contributed by atoms with Gasteiger partial charge in [0.25, 0.3) is 0 Å². The van der Waals surface area contributed by atoms with Gasteiger partial charge in [0.1, 0.15) is 5.54 Å². The highest BCUT2D eigenvalue weighted by Gasteiger charge is 2.54. The molecular formula is C15H19BrClNO2. The minimum Gasteiger partial charge on any atom is -0.479 e. The fourth-order valence-electron chi connectivity index (χ4n) is 3.34. The SMILES string of the molecule is CC1CC(C)(C)CC1(Nc1ccc(Cl)c(Br)c1)C(=O)O. The maximum atomic E-state index is 11.9. The van der Waals surface area contributed by atoms with Gasteiger partial charge in [-0.05, 0) is 58.3 Å². The van der Waals surface area contributed by atoms with Crippen molar-refractivity contribution < 1.29 is 9.90 Å². The summed E-state index contributed by atoms with van der Waals surface area (Å²) in [5.41, 5.74) is -0.126. The highest BCUT2D eigenvalue weighted by molar-refractivity contribution is 9.10. The van der Waals surface area contributed by atoms with Crippen LogP contribution in [0.1, 0.15) is 33.6 Å². The Hall–Kier alpha value is -0.740. The summed E-state index contributed by atoms with van der Waals surface area (Å²) in [5.74, 6) is -0.730. The molecule has 1 aromatic rings. The average Bonchev–Trinajstić information content (AvgIpc) is 2.54. The molecule has 0 bridgehead atoms. The van der Waals surface area contributed by atoms with E-state index in [0.29, 0.717) is 11.4 Å². The van der Waals surface area contributed by atoms with Crippen molar-refractivity contribution in [3.8, 4) is 0 Å². The molecule has 1 aliphatic rings. The van der Waals surface area contributed by atoms with Gasteiger partial charge in [-0.25, -0.2) is 4.79 Å². The van der Waals surface area contributed by atoms with Crippen molar-refractivity contribution in [2.45, 2.75) is 39.2 Å². The monoisotopic (exact) mass is 359 g/mol. The number of carboxylic acids is 1. The fraction of sp³-hybridized carbons (Fsp3) is 0.533. The van der Waals surface area contributed by atoms with Crippen LogP contribution < -0.4 is 5.32 Å². The van der Waals surface area contributed by atoms with Crippen molar-refractivity contribution in [1.29, 1.82) is 0 Å². The molecule has 0 amide bonds. The molecule has 110 valence electrons. The molecule has 0 spiro atoms. The van der Waals surface area contributed by atoms with E-state index in [0.717, 1.165) is 16.6 Å². The number of aliphatic carboxylic acids is 1. The van der Waals surface area contributed by atoms with E-state index in [1.165, 1.54) is 0 Å². The van der Waals surface area contributed by atoms with E-state index in [1.807, 2.05) is 19.1 Å². The molecule has 1 fully saturated rings. The van der Waals surface area contributed by atoms with Crippen LogP contribution in [0.25, 0.3) is 0 Å². The van der Waals surface area contributed by atoms with Crippen LogP contribution in [0.2, 0.25) is 5.02 Å². The Bertz CT molecular complexity index is 547. The first-order valence-electron chi connectivity index (χ1n) is 6.63. The number of rotatable bonds is 3. The smallest absolute Gasteiger partial charge is 0.329 e. The molecule has 0 aliphatic heterocycles. The third-order valence-electron chi connectivity index (χ3n) is 4.13. The zero-order valence-corrected chi connectivity index (χ0v) is 14.2. The third kappa shape index (κ3) is 2.82. The van der Waals surface area contributed by atoms with Crippen molar-refractivity contribution >= 4 is 39.2 Å². The van der Waals surface area contributed by atoms with Gasteiger partial charge in [0.15, 0.2) is 0 Å². The number of benzene rings is 1. The highest BCUT2D eigenvalue weighted by atomic mass is 79.9. The van der Waals surface area contributed by atoms with Crippen molar-refractivity contribution in [3.05, 3.63) is 27.7 Å². The van der Waals surface area contributed by atoms with Gasteiger partial charge in [-0.1, -0.05) is 32.4 Å². The van der Waals surface area contributed by atoms with E-state index < -0.39 is 11.5 Å². The van der Waals surface area contributed by atoms with Crippen LogP contribution in [0.15, 0.2) is 22.7 Å².